The first-order valence-electron chi connectivity index (χ1n) is 26.0. The van der Waals surface area contributed by atoms with E-state index in [0.717, 1.165) is 24.9 Å². The number of benzene rings is 2. The molecule has 0 atom stereocenters. The number of ether oxygens (including phenoxy) is 4. The van der Waals surface area contributed by atoms with Crippen LogP contribution in [0.3, 0.4) is 0 Å². The number of sulfonamides is 2. The molecule has 0 bridgehead atoms. The summed E-state index contributed by atoms with van der Waals surface area (Å²) in [5, 5.41) is 13.7. The zero-order valence-electron chi connectivity index (χ0n) is 49.7. The number of pyridine rings is 1. The Morgan fingerprint density at radius 1 is 0.913 bits per heavy atom. The second-order valence-corrected chi connectivity index (χ2v) is 25.3. The van der Waals surface area contributed by atoms with Crippen LogP contribution in [0.25, 0.3) is 0 Å². The van der Waals surface area contributed by atoms with Crippen molar-refractivity contribution in [1.29, 1.82) is 0 Å². The number of methoxy groups -OCH3 is 3. The second-order valence-electron chi connectivity index (χ2n) is 19.7. The largest absolute Gasteiger partial charge is 0.481 e. The highest BCUT2D eigenvalue weighted by atomic mass is 32.2. The number of carboxylic acids is 1. The van der Waals surface area contributed by atoms with Crippen LogP contribution in [0, 0.1) is 30.5 Å². The fourth-order valence-corrected chi connectivity index (χ4v) is 11.1. The van der Waals surface area contributed by atoms with E-state index in [-0.39, 0.29) is 76.8 Å². The minimum absolute atomic E-state index is 0.0715. The topological polar surface area (TPSA) is 442 Å². The Hall–Kier alpha value is -9.52. The number of amides is 6. The lowest BCUT2D eigenvalue weighted by Gasteiger charge is -2.28. The van der Waals surface area contributed by atoms with Gasteiger partial charge in [-0.2, -0.15) is 50.9 Å². The number of hydrogen-bond acceptors (Lipinski definition) is 24. The van der Waals surface area contributed by atoms with E-state index in [1.165, 1.54) is 118 Å². The minimum Gasteiger partial charge on any atom is -0.481 e. The number of nitrogens with zero attached hydrogens (tertiary/aromatic N) is 11. The van der Waals surface area contributed by atoms with E-state index < -0.39 is 99.2 Å². The zero-order valence-corrected chi connectivity index (χ0v) is 53.0. The molecule has 92 heavy (non-hydrogen) atoms. The Kier molecular flexibility index (Phi) is 25.1. The lowest BCUT2D eigenvalue weighted by Crippen LogP contribution is -2.39. The van der Waals surface area contributed by atoms with E-state index in [1.54, 1.807) is 9.44 Å². The maximum absolute atomic E-state index is 14.5. The summed E-state index contributed by atoms with van der Waals surface area (Å²) in [5.41, 5.74) is 0.419. The standard InChI is InChI=1S/C18H17FN4O2S.C15H16F3N5O4S.C15H18N6O6S.C3H8NO5P/c1-4-5-22-13-7-12(11(19)6-14(13)25-9-16(22)24)20-17-23-10-18(2,3)8-15(23)21-26-17;1-9-19-12(22-14(20-9)27-2)21-13(24)23-28(25,26)11-6-4-3-5-10(11)7-8-15(16,17)18;1-21(2)13(22)9-6-5-7-16-12(9)28(24,25)20-15(23)19-14-17-10(26-3)8-11(18-14)27-4;5-3(6)1-4-2-10(7,8)9/h1,6-7H,5,8-10H2,2-3H3;3-6H,7-8H2,1-2H3,(H2,19,20,21,22,23,24);5-8H,1-4H3,(H2,17,18,19,20,23);4H,1-2H2,(H,5,6)(H2,7,8,9). The number of carbonyl (C=O) groups excluding carboxylic acids is 4. The summed E-state index contributed by atoms with van der Waals surface area (Å²) in [6, 6.07) is 9.47. The number of anilines is 3. The van der Waals surface area contributed by atoms with Crippen LogP contribution in [0.5, 0.6) is 23.5 Å². The number of terminal acetylenes is 1. The predicted octanol–water partition coefficient (Wildman–Crippen LogP) is 3.35. The lowest BCUT2D eigenvalue weighted by molar-refractivity contribution is -0.136. The summed E-state index contributed by atoms with van der Waals surface area (Å²) in [6.45, 7) is 6.12. The lowest BCUT2D eigenvalue weighted by atomic mass is 9.92. The number of urea groups is 2. The Labute approximate surface area is 525 Å². The van der Waals surface area contributed by atoms with Crippen LogP contribution >= 0.6 is 19.1 Å². The average molecular weight is 1370 g/mol. The van der Waals surface area contributed by atoms with Crippen molar-refractivity contribution in [3.05, 3.63) is 94.2 Å². The Balaban J connectivity index is 0.000000233. The van der Waals surface area contributed by atoms with Gasteiger partial charge < -0.3 is 43.3 Å². The minimum atomic E-state index is -4.46. The number of aliphatic carboxylic acids is 1. The van der Waals surface area contributed by atoms with Crippen molar-refractivity contribution in [2.75, 3.05) is 76.9 Å². The third-order valence-electron chi connectivity index (χ3n) is 11.5. The fourth-order valence-electron chi connectivity index (χ4n) is 7.69. The molecular weight excluding hydrogens is 1310 g/mol. The molecule has 8 N–H and O–H groups in total. The first-order valence-corrected chi connectivity index (χ1v) is 31.5. The van der Waals surface area contributed by atoms with Gasteiger partial charge in [-0.05, 0) is 48.6 Å². The summed E-state index contributed by atoms with van der Waals surface area (Å²) < 4.78 is 142. The van der Waals surface area contributed by atoms with Crippen molar-refractivity contribution < 1.29 is 96.8 Å². The van der Waals surface area contributed by atoms with Gasteiger partial charge in [0.1, 0.15) is 23.1 Å². The van der Waals surface area contributed by atoms with Crippen LogP contribution in [0.1, 0.15) is 47.8 Å². The van der Waals surface area contributed by atoms with Crippen molar-refractivity contribution in [3.8, 4) is 35.9 Å². The molecule has 0 radical (unpaired) electrons. The first-order chi connectivity index (χ1) is 43.0. The molecule has 2 aliphatic heterocycles. The molecule has 0 saturated heterocycles. The molecule has 33 nitrogen and oxygen atoms in total. The molecule has 6 heterocycles. The number of rotatable bonds is 18. The van der Waals surface area contributed by atoms with Gasteiger partial charge >= 0.3 is 37.8 Å². The van der Waals surface area contributed by atoms with Gasteiger partial charge in [-0.3, -0.25) is 39.8 Å². The van der Waals surface area contributed by atoms with E-state index >= 15 is 0 Å². The van der Waals surface area contributed by atoms with Crippen molar-refractivity contribution in [1.82, 2.24) is 58.5 Å². The van der Waals surface area contributed by atoms with Crippen molar-refractivity contribution in [2.24, 2.45) is 10.4 Å². The number of carboxylic acid groups (broad SMARTS) is 1. The molecule has 0 spiro atoms. The van der Waals surface area contributed by atoms with Gasteiger partial charge in [0.05, 0.1) is 62.9 Å². The molecular formula is C51H59F4N16O17PS3. The molecule has 4 aromatic heterocycles. The number of aromatic nitrogens is 8. The van der Waals surface area contributed by atoms with Gasteiger partial charge in [0, 0.05) is 57.3 Å². The van der Waals surface area contributed by atoms with Gasteiger partial charge in [-0.25, -0.2) is 41.8 Å². The predicted molar refractivity (Wildman–Crippen MR) is 316 cm³/mol. The third-order valence-corrected chi connectivity index (χ3v) is 15.7. The number of halogens is 4. The van der Waals surface area contributed by atoms with Crippen LogP contribution in [-0.4, -0.2) is 173 Å². The molecule has 6 aromatic rings. The summed E-state index contributed by atoms with van der Waals surface area (Å²) >= 11 is 1.24. The monoisotopic (exact) mass is 1370 g/mol. The number of hydrogen-bond donors (Lipinski definition) is 8. The molecule has 0 saturated carbocycles. The first kappa shape index (κ1) is 73.2. The zero-order chi connectivity index (χ0) is 68.5. The Morgan fingerprint density at radius 3 is 2.13 bits per heavy atom. The van der Waals surface area contributed by atoms with E-state index in [9.17, 15) is 62.9 Å². The Morgan fingerprint density at radius 2 is 1.54 bits per heavy atom. The number of nitrogens with one attached hydrogen (secondary N) is 5. The maximum Gasteiger partial charge on any atom is 0.389 e. The summed E-state index contributed by atoms with van der Waals surface area (Å²) in [4.78, 5) is 105. The number of aryl methyl sites for hydroxylation is 2. The van der Waals surface area contributed by atoms with Crippen LogP contribution in [0.4, 0.5) is 50.4 Å². The summed E-state index contributed by atoms with van der Waals surface area (Å²) in [5.74, 6) is 1.07. The van der Waals surface area contributed by atoms with E-state index in [1.807, 2.05) is 4.57 Å². The SMILES string of the molecule is C#CCN1C(=O)COc2cc(F)c(N=c3snc4n3CC(C)(C)C4)cc21.COc1cc(OC)nc(NC(=O)NS(=O)(=O)c2ncccc2C(=O)N(C)C)n1.COc1nc(C)nc(NC(=O)NS(=O)(=O)c2ccccc2CCC(F)(F)F)n1.O=C(O)CNCP(=O)(O)O. The molecule has 6 amide bonds. The smallest absolute Gasteiger partial charge is 0.389 e. The van der Waals surface area contributed by atoms with E-state index in [4.69, 9.17) is 40.3 Å². The number of alkyl halides is 3. The van der Waals surface area contributed by atoms with Crippen LogP contribution in [-0.2, 0) is 53.6 Å². The Bertz CT molecular complexity index is 4090. The second kappa shape index (κ2) is 31.5. The van der Waals surface area contributed by atoms with Crippen LogP contribution < -0.4 is 54.0 Å². The fraction of sp³-hybridized carbons (Fsp3) is 0.353. The highest BCUT2D eigenvalue weighted by molar-refractivity contribution is 7.90. The number of fused-ring (bicyclic) bond motifs is 2. The molecule has 0 unspecified atom stereocenters. The van der Waals surface area contributed by atoms with Crippen molar-refractivity contribution >= 4 is 92.3 Å². The molecule has 8 rings (SSSR count). The molecule has 0 fully saturated rings. The van der Waals surface area contributed by atoms with E-state index in [0.29, 0.717) is 16.2 Å². The molecule has 2 aliphatic rings. The van der Waals surface area contributed by atoms with Gasteiger partial charge in [-0.1, -0.05) is 38.0 Å². The third kappa shape index (κ3) is 21.9. The summed E-state index contributed by atoms with van der Waals surface area (Å²) in [6.07, 6.45) is 0.612. The highest BCUT2D eigenvalue weighted by Crippen LogP contribution is 2.38. The van der Waals surface area contributed by atoms with Crippen LogP contribution in [0.15, 0.2) is 75.7 Å². The van der Waals surface area contributed by atoms with Gasteiger partial charge in [0.25, 0.3) is 31.9 Å². The maximum atomic E-state index is 14.5. The summed E-state index contributed by atoms with van der Waals surface area (Å²) in [7, 11) is -6.09. The highest BCUT2D eigenvalue weighted by Gasteiger charge is 2.33. The molecule has 2 aromatic carbocycles. The average Bonchev–Trinajstić information content (AvgIpc) is 1.45. The number of carbonyl (C=O) groups is 5. The van der Waals surface area contributed by atoms with Gasteiger partial charge in [0.15, 0.2) is 17.5 Å². The van der Waals surface area contributed by atoms with Crippen LogP contribution in [0.2, 0.25) is 0 Å². The molecule has 496 valence electrons. The quantitative estimate of drug-likeness (QED) is 0.0347. The van der Waals surface area contributed by atoms with Gasteiger partial charge in [0.2, 0.25) is 28.5 Å². The molecule has 0 aliphatic carbocycles. The molecule has 41 heteroatoms. The van der Waals surface area contributed by atoms with E-state index in [2.05, 4.69) is 75.0 Å². The van der Waals surface area contributed by atoms with Gasteiger partial charge in [-0.15, -0.1) is 6.42 Å². The normalized spacial score (nSPS) is 13.2. The van der Waals surface area contributed by atoms with Crippen molar-refractivity contribution in [2.45, 2.75) is 62.7 Å². The van der Waals surface area contributed by atoms with Crippen molar-refractivity contribution in [3.63, 3.8) is 0 Å².